The number of carbonyl (C=O) groups excluding carboxylic acids is 1. The van der Waals surface area contributed by atoms with E-state index in [0.29, 0.717) is 11.8 Å². The molecule has 82 valence electrons. The fourth-order valence-corrected chi connectivity index (χ4v) is 1.51. The lowest BCUT2D eigenvalue weighted by atomic mass is 10.2. The predicted molar refractivity (Wildman–Crippen MR) is 55.9 cm³/mol. The van der Waals surface area contributed by atoms with Crippen molar-refractivity contribution in [3.05, 3.63) is 33.9 Å². The number of thioether (sulfide) groups is 1. The van der Waals surface area contributed by atoms with Gasteiger partial charge in [-0.05, 0) is 23.9 Å². The summed E-state index contributed by atoms with van der Waals surface area (Å²) in [6.07, 6.45) is 0. The number of rotatable bonds is 3. The lowest BCUT2D eigenvalue weighted by Crippen LogP contribution is -2.02. The van der Waals surface area contributed by atoms with Crippen molar-refractivity contribution in [2.75, 3.05) is 7.11 Å². The van der Waals surface area contributed by atoms with Crippen LogP contribution in [0, 0.1) is 20.8 Å². The van der Waals surface area contributed by atoms with Gasteiger partial charge >= 0.3 is 5.97 Å². The van der Waals surface area contributed by atoms with E-state index in [4.69, 9.17) is 5.26 Å². The Hall–Kier alpha value is -2.07. The summed E-state index contributed by atoms with van der Waals surface area (Å²) in [5, 5.41) is 20.9. The second kappa shape index (κ2) is 5.14. The van der Waals surface area contributed by atoms with Gasteiger partial charge in [0.1, 0.15) is 10.3 Å². The number of nitro benzene ring substituents is 1. The molecular formula is C9H6N2O4S. The molecule has 0 atom stereocenters. The van der Waals surface area contributed by atoms with Crippen LogP contribution in [0.1, 0.15) is 10.4 Å². The van der Waals surface area contributed by atoms with Crippen LogP contribution >= 0.6 is 11.8 Å². The Balaban J connectivity index is 3.23. The van der Waals surface area contributed by atoms with Crippen molar-refractivity contribution >= 4 is 23.4 Å². The number of ether oxygens (including phenoxy) is 1. The van der Waals surface area contributed by atoms with Crippen molar-refractivity contribution in [1.82, 2.24) is 0 Å². The van der Waals surface area contributed by atoms with E-state index in [9.17, 15) is 14.9 Å². The average Bonchev–Trinajstić information content (AvgIpc) is 2.28. The Morgan fingerprint density at radius 2 is 2.31 bits per heavy atom. The smallest absolute Gasteiger partial charge is 0.338 e. The molecule has 1 aromatic carbocycles. The molecule has 1 aromatic rings. The highest BCUT2D eigenvalue weighted by atomic mass is 32.2. The lowest BCUT2D eigenvalue weighted by molar-refractivity contribution is -0.387. The van der Waals surface area contributed by atoms with Crippen molar-refractivity contribution in [3.8, 4) is 5.40 Å². The third-order valence-electron chi connectivity index (χ3n) is 1.73. The van der Waals surface area contributed by atoms with Gasteiger partial charge in [0, 0.05) is 6.07 Å². The third-order valence-corrected chi connectivity index (χ3v) is 2.39. The maximum absolute atomic E-state index is 11.1. The molecule has 0 spiro atoms. The molecule has 0 bridgehead atoms. The maximum Gasteiger partial charge on any atom is 0.338 e. The highest BCUT2D eigenvalue weighted by Crippen LogP contribution is 2.29. The Labute approximate surface area is 95.0 Å². The molecule has 0 aliphatic carbocycles. The van der Waals surface area contributed by atoms with E-state index in [0.717, 1.165) is 6.07 Å². The number of nitriles is 1. The molecule has 0 N–H and O–H groups in total. The molecular weight excluding hydrogens is 232 g/mol. The predicted octanol–water partition coefficient (Wildman–Crippen LogP) is 1.95. The van der Waals surface area contributed by atoms with E-state index in [1.807, 2.05) is 0 Å². The van der Waals surface area contributed by atoms with Crippen LogP contribution in [-0.2, 0) is 4.74 Å². The van der Waals surface area contributed by atoms with E-state index in [2.05, 4.69) is 4.74 Å². The fraction of sp³-hybridized carbons (Fsp3) is 0.111. The van der Waals surface area contributed by atoms with E-state index < -0.39 is 10.9 Å². The summed E-state index contributed by atoms with van der Waals surface area (Å²) in [6, 6.07) is 3.81. The fourth-order valence-electron chi connectivity index (χ4n) is 1.04. The normalized spacial score (nSPS) is 9.25. The number of hydrogen-bond donors (Lipinski definition) is 0. The second-order valence-corrected chi connectivity index (χ2v) is 3.45. The Morgan fingerprint density at radius 3 is 2.81 bits per heavy atom. The quantitative estimate of drug-likeness (QED) is 0.262. The SMILES string of the molecule is COC(=O)c1ccc(SC#N)c([N+](=O)[O-])c1. The number of benzene rings is 1. The number of hydrogen-bond acceptors (Lipinski definition) is 6. The lowest BCUT2D eigenvalue weighted by Gasteiger charge is -2.01. The minimum Gasteiger partial charge on any atom is -0.465 e. The van der Waals surface area contributed by atoms with Crippen LogP contribution < -0.4 is 0 Å². The first-order valence-electron chi connectivity index (χ1n) is 4.03. The molecule has 0 saturated carbocycles. The average molecular weight is 238 g/mol. The van der Waals surface area contributed by atoms with Gasteiger partial charge in [-0.15, -0.1) is 0 Å². The highest BCUT2D eigenvalue weighted by molar-refractivity contribution is 8.03. The number of esters is 1. The molecule has 0 aromatic heterocycles. The minimum atomic E-state index is -0.656. The first-order valence-corrected chi connectivity index (χ1v) is 4.84. The number of nitro groups is 1. The van der Waals surface area contributed by atoms with Gasteiger partial charge in [0.05, 0.1) is 17.6 Å². The third kappa shape index (κ3) is 2.49. The molecule has 7 heteroatoms. The molecule has 6 nitrogen and oxygen atoms in total. The monoisotopic (exact) mass is 238 g/mol. The number of thiocyanates is 1. The number of nitrogens with zero attached hydrogens (tertiary/aromatic N) is 2. The zero-order valence-corrected chi connectivity index (χ0v) is 8.98. The number of methoxy groups -OCH3 is 1. The molecule has 0 unspecified atom stereocenters. The molecule has 0 amide bonds. The van der Waals surface area contributed by atoms with Crippen LogP contribution in [-0.4, -0.2) is 18.0 Å². The van der Waals surface area contributed by atoms with Crippen molar-refractivity contribution in [2.24, 2.45) is 0 Å². The van der Waals surface area contributed by atoms with Gasteiger partial charge in [0.25, 0.3) is 5.69 Å². The van der Waals surface area contributed by atoms with Gasteiger partial charge in [0.2, 0.25) is 0 Å². The van der Waals surface area contributed by atoms with Crippen molar-refractivity contribution in [3.63, 3.8) is 0 Å². The van der Waals surface area contributed by atoms with Crippen LogP contribution in [0.25, 0.3) is 0 Å². The highest BCUT2D eigenvalue weighted by Gasteiger charge is 2.18. The van der Waals surface area contributed by atoms with Gasteiger partial charge in [0.15, 0.2) is 0 Å². The van der Waals surface area contributed by atoms with E-state index in [-0.39, 0.29) is 16.1 Å². The molecule has 0 aliphatic rings. The Morgan fingerprint density at radius 1 is 1.62 bits per heavy atom. The Kier molecular flexibility index (Phi) is 3.85. The van der Waals surface area contributed by atoms with Crippen LogP contribution in [0.15, 0.2) is 23.1 Å². The van der Waals surface area contributed by atoms with Crippen LogP contribution in [0.3, 0.4) is 0 Å². The zero-order valence-electron chi connectivity index (χ0n) is 8.17. The Bertz CT molecular complexity index is 481. The first-order chi connectivity index (χ1) is 7.60. The zero-order chi connectivity index (χ0) is 12.1. The summed E-state index contributed by atoms with van der Waals surface area (Å²) in [5.41, 5.74) is -0.203. The topological polar surface area (TPSA) is 93.2 Å². The van der Waals surface area contributed by atoms with Crippen molar-refractivity contribution in [1.29, 1.82) is 5.26 Å². The minimum absolute atomic E-state index is 0.0801. The van der Waals surface area contributed by atoms with Gasteiger partial charge in [-0.25, -0.2) is 4.79 Å². The second-order valence-electron chi connectivity index (χ2n) is 2.62. The van der Waals surface area contributed by atoms with Gasteiger partial charge < -0.3 is 4.74 Å². The molecule has 0 saturated heterocycles. The molecule has 0 fully saturated rings. The van der Waals surface area contributed by atoms with E-state index in [1.165, 1.54) is 19.2 Å². The summed E-state index contributed by atoms with van der Waals surface area (Å²) in [6.45, 7) is 0. The van der Waals surface area contributed by atoms with Gasteiger partial charge in [-0.3, -0.25) is 10.1 Å². The number of carbonyl (C=O) groups is 1. The van der Waals surface area contributed by atoms with Crippen LogP contribution in [0.5, 0.6) is 0 Å². The van der Waals surface area contributed by atoms with Crippen molar-refractivity contribution < 1.29 is 14.5 Å². The summed E-state index contributed by atoms with van der Waals surface area (Å²) < 4.78 is 4.44. The van der Waals surface area contributed by atoms with Crippen LogP contribution in [0.2, 0.25) is 0 Å². The van der Waals surface area contributed by atoms with Crippen molar-refractivity contribution in [2.45, 2.75) is 4.90 Å². The van der Waals surface area contributed by atoms with E-state index in [1.54, 1.807) is 5.40 Å². The molecule has 1 rings (SSSR count). The van der Waals surface area contributed by atoms with Gasteiger partial charge in [-0.1, -0.05) is 0 Å². The largest absolute Gasteiger partial charge is 0.465 e. The summed E-state index contributed by atoms with van der Waals surface area (Å²) in [5.74, 6) is -0.656. The molecule has 0 radical (unpaired) electrons. The molecule has 0 heterocycles. The summed E-state index contributed by atoms with van der Waals surface area (Å²) >= 11 is 0.670. The summed E-state index contributed by atoms with van der Waals surface area (Å²) in [7, 11) is 1.19. The maximum atomic E-state index is 11.1. The molecule has 16 heavy (non-hydrogen) atoms. The first kappa shape index (κ1) is 12.0. The molecule has 0 aliphatic heterocycles. The van der Waals surface area contributed by atoms with Crippen LogP contribution in [0.4, 0.5) is 5.69 Å². The van der Waals surface area contributed by atoms with E-state index >= 15 is 0 Å². The van der Waals surface area contributed by atoms with Gasteiger partial charge in [-0.2, -0.15) is 5.26 Å². The summed E-state index contributed by atoms with van der Waals surface area (Å²) in [4.78, 5) is 21.4. The standard InChI is InChI=1S/C9H6N2O4S/c1-15-9(12)6-2-3-8(16-5-10)7(4-6)11(13)14/h2-4H,1H3.